The molecule has 70 valence electrons. The number of allylic oxidation sites excluding steroid dienone is 1. The van der Waals surface area contributed by atoms with Crippen LogP contribution in [0.2, 0.25) is 0 Å². The summed E-state index contributed by atoms with van der Waals surface area (Å²) in [5.41, 5.74) is 0.857. The molecule has 0 fully saturated rings. The topological polar surface area (TPSA) is 38.3 Å². The van der Waals surface area contributed by atoms with Crippen molar-refractivity contribution in [1.29, 1.82) is 0 Å². The molecule has 0 radical (unpaired) electrons. The van der Waals surface area contributed by atoms with Crippen molar-refractivity contribution in [1.82, 2.24) is 5.32 Å². The van der Waals surface area contributed by atoms with Gasteiger partial charge in [-0.2, -0.15) is 0 Å². The fourth-order valence-electron chi connectivity index (χ4n) is 0.749. The van der Waals surface area contributed by atoms with Crippen LogP contribution < -0.4 is 5.32 Å². The minimum absolute atomic E-state index is 0.309. The van der Waals surface area contributed by atoms with Gasteiger partial charge >= 0.3 is 5.97 Å². The van der Waals surface area contributed by atoms with Crippen LogP contribution in [0.5, 0.6) is 0 Å². The maximum Gasteiger partial charge on any atom is 0.332 e. The van der Waals surface area contributed by atoms with E-state index in [1.165, 1.54) is 13.2 Å². The fourth-order valence-corrected chi connectivity index (χ4v) is 0.749. The van der Waals surface area contributed by atoms with E-state index in [4.69, 9.17) is 0 Å². The highest BCUT2D eigenvalue weighted by molar-refractivity contribution is 5.82. The normalized spacial score (nSPS) is 11.1. The predicted molar refractivity (Wildman–Crippen MR) is 48.7 cm³/mol. The molecule has 0 aromatic rings. The van der Waals surface area contributed by atoms with Crippen molar-refractivity contribution in [3.05, 3.63) is 11.8 Å². The molecule has 0 aromatic heterocycles. The summed E-state index contributed by atoms with van der Waals surface area (Å²) in [7, 11) is 1.37. The Morgan fingerprint density at radius 3 is 2.75 bits per heavy atom. The Balaban J connectivity index is 3.62. The molecule has 0 amide bonds. The molecule has 3 heteroatoms. The smallest absolute Gasteiger partial charge is 0.332 e. The van der Waals surface area contributed by atoms with E-state index in [-0.39, 0.29) is 5.97 Å². The van der Waals surface area contributed by atoms with E-state index >= 15 is 0 Å². The van der Waals surface area contributed by atoms with Crippen LogP contribution in [0.3, 0.4) is 0 Å². The number of carbonyl (C=O) groups excluding carboxylic acids is 1. The van der Waals surface area contributed by atoms with Crippen LogP contribution in [0, 0.1) is 0 Å². The van der Waals surface area contributed by atoms with Crippen molar-refractivity contribution < 1.29 is 9.53 Å². The van der Waals surface area contributed by atoms with Gasteiger partial charge in [0.15, 0.2) is 0 Å². The first-order valence-corrected chi connectivity index (χ1v) is 4.20. The summed E-state index contributed by atoms with van der Waals surface area (Å²) in [4.78, 5) is 10.7. The standard InChI is InChI=1S/C9H17NO2/c1-4-5-6-10-8(2)7-9(11)12-3/h7,10H,4-6H2,1-3H3/b8-7-. The molecular formula is C9H17NO2. The lowest BCUT2D eigenvalue weighted by Crippen LogP contribution is -2.13. The molecule has 0 saturated carbocycles. The SMILES string of the molecule is CCCCN/C(C)=C\C(=O)OC. The third-order valence-electron chi connectivity index (χ3n) is 1.47. The van der Waals surface area contributed by atoms with Gasteiger partial charge in [0.05, 0.1) is 7.11 Å². The molecular weight excluding hydrogens is 154 g/mol. The van der Waals surface area contributed by atoms with E-state index < -0.39 is 0 Å². The maximum atomic E-state index is 10.7. The van der Waals surface area contributed by atoms with E-state index in [0.717, 1.165) is 25.1 Å². The Morgan fingerprint density at radius 2 is 2.25 bits per heavy atom. The molecule has 1 N–H and O–H groups in total. The molecule has 0 spiro atoms. The molecule has 0 aromatic carbocycles. The number of nitrogens with one attached hydrogen (secondary N) is 1. The lowest BCUT2D eigenvalue weighted by molar-refractivity contribution is -0.134. The van der Waals surface area contributed by atoms with Crippen LogP contribution in [0.15, 0.2) is 11.8 Å². The lowest BCUT2D eigenvalue weighted by Gasteiger charge is -2.03. The molecule has 0 aliphatic carbocycles. The first kappa shape index (κ1) is 11.0. The zero-order chi connectivity index (χ0) is 9.40. The molecule has 0 atom stereocenters. The van der Waals surface area contributed by atoms with E-state index in [9.17, 15) is 4.79 Å². The summed E-state index contributed by atoms with van der Waals surface area (Å²) in [6, 6.07) is 0. The van der Waals surface area contributed by atoms with Crippen molar-refractivity contribution in [2.45, 2.75) is 26.7 Å². The largest absolute Gasteiger partial charge is 0.466 e. The molecule has 0 saturated heterocycles. The molecule has 0 aliphatic rings. The number of rotatable bonds is 5. The molecule has 0 unspecified atom stereocenters. The van der Waals surface area contributed by atoms with Crippen LogP contribution in [-0.4, -0.2) is 19.6 Å². The van der Waals surface area contributed by atoms with Crippen molar-refractivity contribution >= 4 is 5.97 Å². The summed E-state index contributed by atoms with van der Waals surface area (Å²) in [6.07, 6.45) is 3.72. The van der Waals surface area contributed by atoms with Gasteiger partial charge in [-0.3, -0.25) is 0 Å². The first-order chi connectivity index (χ1) is 5.70. The number of hydrogen-bond acceptors (Lipinski definition) is 3. The van der Waals surface area contributed by atoms with Gasteiger partial charge in [-0.05, 0) is 13.3 Å². The minimum Gasteiger partial charge on any atom is -0.466 e. The highest BCUT2D eigenvalue weighted by atomic mass is 16.5. The van der Waals surface area contributed by atoms with Crippen molar-refractivity contribution in [2.24, 2.45) is 0 Å². The van der Waals surface area contributed by atoms with Gasteiger partial charge < -0.3 is 10.1 Å². The third-order valence-corrected chi connectivity index (χ3v) is 1.47. The average Bonchev–Trinajstić information content (AvgIpc) is 2.05. The Bertz CT molecular complexity index is 164. The van der Waals surface area contributed by atoms with Crippen molar-refractivity contribution in [3.63, 3.8) is 0 Å². The van der Waals surface area contributed by atoms with Gasteiger partial charge in [0, 0.05) is 18.3 Å². The van der Waals surface area contributed by atoms with Gasteiger partial charge in [0.25, 0.3) is 0 Å². The third kappa shape index (κ3) is 5.77. The Morgan fingerprint density at radius 1 is 1.58 bits per heavy atom. The first-order valence-electron chi connectivity index (χ1n) is 4.20. The monoisotopic (exact) mass is 171 g/mol. The van der Waals surface area contributed by atoms with Crippen molar-refractivity contribution in [3.8, 4) is 0 Å². The molecule has 12 heavy (non-hydrogen) atoms. The van der Waals surface area contributed by atoms with Crippen LogP contribution in [0.4, 0.5) is 0 Å². The summed E-state index contributed by atoms with van der Waals surface area (Å²) in [5, 5.41) is 3.11. The predicted octanol–water partition coefficient (Wildman–Crippen LogP) is 1.45. The Hall–Kier alpha value is -0.990. The average molecular weight is 171 g/mol. The summed E-state index contributed by atoms with van der Waals surface area (Å²) in [6.45, 7) is 4.89. The summed E-state index contributed by atoms with van der Waals surface area (Å²) >= 11 is 0. The van der Waals surface area contributed by atoms with Crippen molar-refractivity contribution in [2.75, 3.05) is 13.7 Å². The van der Waals surface area contributed by atoms with Crippen LogP contribution in [-0.2, 0) is 9.53 Å². The van der Waals surface area contributed by atoms with Gasteiger partial charge in [-0.1, -0.05) is 13.3 Å². The Kier molecular flexibility index (Phi) is 6.15. The van der Waals surface area contributed by atoms with E-state index in [2.05, 4.69) is 17.0 Å². The minimum atomic E-state index is -0.309. The zero-order valence-electron chi connectivity index (χ0n) is 8.02. The van der Waals surface area contributed by atoms with E-state index in [1.807, 2.05) is 6.92 Å². The van der Waals surface area contributed by atoms with Gasteiger partial charge in [0.2, 0.25) is 0 Å². The van der Waals surface area contributed by atoms with E-state index in [0.29, 0.717) is 0 Å². The van der Waals surface area contributed by atoms with Gasteiger partial charge in [-0.15, -0.1) is 0 Å². The number of ether oxygens (including phenoxy) is 1. The Labute approximate surface area is 73.8 Å². The number of esters is 1. The quantitative estimate of drug-likeness (QED) is 0.386. The lowest BCUT2D eigenvalue weighted by atomic mass is 10.3. The number of unbranched alkanes of at least 4 members (excludes halogenated alkanes) is 1. The highest BCUT2D eigenvalue weighted by Gasteiger charge is 1.94. The fraction of sp³-hybridized carbons (Fsp3) is 0.667. The molecule has 0 aliphatic heterocycles. The van der Waals surface area contributed by atoms with Crippen LogP contribution in [0.25, 0.3) is 0 Å². The summed E-state index contributed by atoms with van der Waals surface area (Å²) in [5.74, 6) is -0.309. The van der Waals surface area contributed by atoms with Gasteiger partial charge in [-0.25, -0.2) is 4.79 Å². The van der Waals surface area contributed by atoms with E-state index in [1.54, 1.807) is 0 Å². The second-order valence-corrected chi connectivity index (χ2v) is 2.63. The van der Waals surface area contributed by atoms with Crippen LogP contribution in [0.1, 0.15) is 26.7 Å². The number of carbonyl (C=O) groups is 1. The second kappa shape index (κ2) is 6.70. The van der Waals surface area contributed by atoms with Gasteiger partial charge in [0.1, 0.15) is 0 Å². The summed E-state index contributed by atoms with van der Waals surface area (Å²) < 4.78 is 4.47. The number of methoxy groups -OCH3 is 1. The van der Waals surface area contributed by atoms with Crippen LogP contribution >= 0.6 is 0 Å². The maximum absolute atomic E-state index is 10.7. The second-order valence-electron chi connectivity index (χ2n) is 2.63. The zero-order valence-corrected chi connectivity index (χ0v) is 8.02. The molecule has 0 heterocycles. The molecule has 0 bridgehead atoms. The molecule has 3 nitrogen and oxygen atoms in total. The molecule has 0 rings (SSSR count). The number of hydrogen-bond donors (Lipinski definition) is 1. The highest BCUT2D eigenvalue weighted by Crippen LogP contribution is 1.90.